The number of nitrogens with one attached hydrogen (secondary N) is 1. The Morgan fingerprint density at radius 1 is 1.44 bits per heavy atom. The van der Waals surface area contributed by atoms with Crippen LogP contribution in [0, 0.1) is 0 Å². The number of halogens is 2. The largest absolute Gasteiger partial charge is 0.375 e. The van der Waals surface area contributed by atoms with Crippen molar-refractivity contribution in [3.63, 3.8) is 0 Å². The van der Waals surface area contributed by atoms with Crippen molar-refractivity contribution in [3.05, 3.63) is 33.8 Å². The molecule has 0 saturated carbocycles. The van der Waals surface area contributed by atoms with Crippen LogP contribution in [0.15, 0.2) is 18.2 Å². The van der Waals surface area contributed by atoms with E-state index in [0.29, 0.717) is 10.0 Å². The quantitative estimate of drug-likeness (QED) is 0.906. The van der Waals surface area contributed by atoms with E-state index in [0.717, 1.165) is 5.56 Å². The molecule has 1 aromatic carbocycles. The molecule has 1 unspecified atom stereocenters. The molecule has 0 heterocycles. The van der Waals surface area contributed by atoms with E-state index in [-0.39, 0.29) is 18.6 Å². The van der Waals surface area contributed by atoms with Gasteiger partial charge in [-0.2, -0.15) is 0 Å². The fourth-order valence-corrected chi connectivity index (χ4v) is 1.59. The monoisotopic (exact) mass is 261 g/mol. The van der Waals surface area contributed by atoms with E-state index >= 15 is 0 Å². The molecule has 16 heavy (non-hydrogen) atoms. The highest BCUT2D eigenvalue weighted by molar-refractivity contribution is 6.42. The van der Waals surface area contributed by atoms with Crippen molar-refractivity contribution in [1.29, 1.82) is 0 Å². The van der Waals surface area contributed by atoms with Gasteiger partial charge in [0.1, 0.15) is 6.61 Å². The Labute approximate surface area is 105 Å². The Kier molecular flexibility index (Phi) is 5.06. The summed E-state index contributed by atoms with van der Waals surface area (Å²) in [5.41, 5.74) is 0.902. The third kappa shape index (κ3) is 3.67. The zero-order chi connectivity index (χ0) is 12.1. The second-order valence-electron chi connectivity index (χ2n) is 3.40. The standard InChI is InChI=1S/C11H13Cl2NO2/c1-7(14-11(15)6-16-2)8-3-4-9(12)10(13)5-8/h3-5,7H,6H2,1-2H3,(H,14,15). The van der Waals surface area contributed by atoms with Gasteiger partial charge >= 0.3 is 0 Å². The second-order valence-corrected chi connectivity index (χ2v) is 4.21. The smallest absolute Gasteiger partial charge is 0.246 e. The summed E-state index contributed by atoms with van der Waals surface area (Å²) >= 11 is 11.7. The number of rotatable bonds is 4. The number of benzene rings is 1. The van der Waals surface area contributed by atoms with Crippen LogP contribution in [0.3, 0.4) is 0 Å². The van der Waals surface area contributed by atoms with Crippen LogP contribution in [-0.4, -0.2) is 19.6 Å². The van der Waals surface area contributed by atoms with Gasteiger partial charge in [0.15, 0.2) is 0 Å². The summed E-state index contributed by atoms with van der Waals surface area (Å²) < 4.78 is 4.72. The number of methoxy groups -OCH3 is 1. The first-order chi connectivity index (χ1) is 7.54. The summed E-state index contributed by atoms with van der Waals surface area (Å²) in [6.45, 7) is 1.92. The van der Waals surface area contributed by atoms with E-state index in [9.17, 15) is 4.79 Å². The lowest BCUT2D eigenvalue weighted by Crippen LogP contribution is -2.29. The van der Waals surface area contributed by atoms with Gasteiger partial charge in [-0.05, 0) is 24.6 Å². The van der Waals surface area contributed by atoms with Crippen molar-refractivity contribution in [2.75, 3.05) is 13.7 Å². The molecule has 1 rings (SSSR count). The van der Waals surface area contributed by atoms with Gasteiger partial charge in [-0.3, -0.25) is 4.79 Å². The summed E-state index contributed by atoms with van der Waals surface area (Å²) in [7, 11) is 1.48. The van der Waals surface area contributed by atoms with E-state index < -0.39 is 0 Å². The molecule has 0 bridgehead atoms. The number of amides is 1. The first kappa shape index (κ1) is 13.3. The first-order valence-corrected chi connectivity index (χ1v) is 5.53. The van der Waals surface area contributed by atoms with Crippen LogP contribution in [0.25, 0.3) is 0 Å². The Morgan fingerprint density at radius 3 is 2.69 bits per heavy atom. The molecule has 88 valence electrons. The Balaban J connectivity index is 2.69. The normalized spacial score (nSPS) is 12.2. The van der Waals surface area contributed by atoms with Gasteiger partial charge in [0, 0.05) is 7.11 Å². The predicted molar refractivity (Wildman–Crippen MR) is 64.9 cm³/mol. The Bertz CT molecular complexity index is 382. The molecule has 0 saturated heterocycles. The molecular weight excluding hydrogens is 249 g/mol. The third-order valence-electron chi connectivity index (χ3n) is 2.10. The van der Waals surface area contributed by atoms with Gasteiger partial charge in [0.25, 0.3) is 0 Å². The first-order valence-electron chi connectivity index (χ1n) is 4.78. The predicted octanol–water partition coefficient (Wildman–Crippen LogP) is 2.82. The lowest BCUT2D eigenvalue weighted by molar-refractivity contribution is -0.125. The van der Waals surface area contributed by atoms with Crippen LogP contribution in [0.2, 0.25) is 10.0 Å². The summed E-state index contributed by atoms with van der Waals surface area (Å²) in [6, 6.07) is 5.14. The molecule has 1 aromatic rings. The molecule has 0 radical (unpaired) electrons. The second kappa shape index (κ2) is 6.09. The van der Waals surface area contributed by atoms with Crippen molar-refractivity contribution < 1.29 is 9.53 Å². The minimum atomic E-state index is -0.166. The highest BCUT2D eigenvalue weighted by Crippen LogP contribution is 2.25. The van der Waals surface area contributed by atoms with Gasteiger partial charge in [-0.1, -0.05) is 29.3 Å². The topological polar surface area (TPSA) is 38.3 Å². The molecule has 0 aliphatic rings. The lowest BCUT2D eigenvalue weighted by Gasteiger charge is -2.14. The van der Waals surface area contributed by atoms with Gasteiger partial charge in [0.2, 0.25) is 5.91 Å². The van der Waals surface area contributed by atoms with E-state index in [4.69, 9.17) is 27.9 Å². The Hall–Kier alpha value is -0.770. The summed E-state index contributed by atoms with van der Waals surface area (Å²) in [6.07, 6.45) is 0. The third-order valence-corrected chi connectivity index (χ3v) is 2.84. The molecule has 1 amide bonds. The van der Waals surface area contributed by atoms with E-state index in [1.54, 1.807) is 12.1 Å². The minimum Gasteiger partial charge on any atom is -0.375 e. The van der Waals surface area contributed by atoms with Crippen LogP contribution < -0.4 is 5.32 Å². The lowest BCUT2D eigenvalue weighted by atomic mass is 10.1. The van der Waals surface area contributed by atoms with Gasteiger partial charge in [0.05, 0.1) is 16.1 Å². The highest BCUT2D eigenvalue weighted by Gasteiger charge is 2.10. The number of hydrogen-bond donors (Lipinski definition) is 1. The van der Waals surface area contributed by atoms with Gasteiger partial charge in [-0.15, -0.1) is 0 Å². The SMILES string of the molecule is COCC(=O)NC(C)c1ccc(Cl)c(Cl)c1. The number of carbonyl (C=O) groups is 1. The molecule has 1 N–H and O–H groups in total. The number of ether oxygens (including phenoxy) is 1. The number of hydrogen-bond acceptors (Lipinski definition) is 2. The Morgan fingerprint density at radius 2 is 2.12 bits per heavy atom. The van der Waals surface area contributed by atoms with E-state index in [1.165, 1.54) is 7.11 Å². The van der Waals surface area contributed by atoms with Crippen LogP contribution in [-0.2, 0) is 9.53 Å². The van der Waals surface area contributed by atoms with Gasteiger partial charge in [-0.25, -0.2) is 0 Å². The van der Waals surface area contributed by atoms with E-state index in [2.05, 4.69) is 5.32 Å². The van der Waals surface area contributed by atoms with Gasteiger partial charge < -0.3 is 10.1 Å². The van der Waals surface area contributed by atoms with Crippen LogP contribution in [0.1, 0.15) is 18.5 Å². The molecule has 0 aliphatic heterocycles. The highest BCUT2D eigenvalue weighted by atomic mass is 35.5. The van der Waals surface area contributed by atoms with Crippen molar-refractivity contribution in [3.8, 4) is 0 Å². The summed E-state index contributed by atoms with van der Waals surface area (Å²) in [5.74, 6) is -0.166. The molecule has 0 aromatic heterocycles. The van der Waals surface area contributed by atoms with Crippen LogP contribution in [0.5, 0.6) is 0 Å². The minimum absolute atomic E-state index is 0.0473. The van der Waals surface area contributed by atoms with Crippen LogP contribution in [0.4, 0.5) is 0 Å². The average molecular weight is 262 g/mol. The summed E-state index contributed by atoms with van der Waals surface area (Å²) in [5, 5.41) is 3.76. The molecule has 0 spiro atoms. The summed E-state index contributed by atoms with van der Waals surface area (Å²) in [4.78, 5) is 11.3. The van der Waals surface area contributed by atoms with Crippen molar-refractivity contribution in [1.82, 2.24) is 5.32 Å². The molecule has 3 nitrogen and oxygen atoms in total. The maximum Gasteiger partial charge on any atom is 0.246 e. The molecule has 1 atom stereocenters. The molecule has 5 heteroatoms. The average Bonchev–Trinajstić information content (AvgIpc) is 2.22. The van der Waals surface area contributed by atoms with Crippen LogP contribution >= 0.6 is 23.2 Å². The fraction of sp³-hybridized carbons (Fsp3) is 0.364. The molecule has 0 aliphatic carbocycles. The van der Waals surface area contributed by atoms with E-state index in [1.807, 2.05) is 13.0 Å². The molecular formula is C11H13Cl2NO2. The van der Waals surface area contributed by atoms with Crippen molar-refractivity contribution in [2.24, 2.45) is 0 Å². The zero-order valence-corrected chi connectivity index (χ0v) is 10.6. The maximum atomic E-state index is 11.3. The number of carbonyl (C=O) groups excluding carboxylic acids is 1. The zero-order valence-electron chi connectivity index (χ0n) is 9.09. The van der Waals surface area contributed by atoms with Crippen molar-refractivity contribution in [2.45, 2.75) is 13.0 Å². The molecule has 0 fully saturated rings. The fourth-order valence-electron chi connectivity index (χ4n) is 1.28. The van der Waals surface area contributed by atoms with Crippen molar-refractivity contribution >= 4 is 29.1 Å². The maximum absolute atomic E-state index is 11.3.